The van der Waals surface area contributed by atoms with E-state index in [0.717, 1.165) is 0 Å². The van der Waals surface area contributed by atoms with E-state index >= 15 is 0 Å². The molecule has 4 N–H and O–H groups in total. The molecule has 36 valence electrons. The molecule has 0 atom stereocenters. The maximum absolute atomic E-state index is 8.25. The number of quaternary nitrogens is 1. The molecule has 0 aliphatic rings. The molecule has 0 aliphatic carbocycles. The van der Waals surface area contributed by atoms with Crippen LogP contribution in [0.1, 0.15) is 0 Å². The fourth-order valence-electron chi connectivity index (χ4n) is 0. The van der Waals surface area contributed by atoms with Gasteiger partial charge in [0.25, 0.3) is 0 Å². The normalized spacial score (nSPS) is 4.00. The summed E-state index contributed by atoms with van der Waals surface area (Å²) in [6.45, 7) is 0. The monoisotopic (exact) mass is 128 g/mol. The molecule has 0 aromatic rings. The molecule has 0 bridgehead atoms. The summed E-state index contributed by atoms with van der Waals surface area (Å²) in [6, 6.07) is 0. The van der Waals surface area contributed by atoms with Crippen LogP contribution in [-0.2, 0) is 21.7 Å². The van der Waals surface area contributed by atoms with Crippen LogP contribution in [0.25, 0.3) is 0 Å². The predicted octanol–water partition coefficient (Wildman–Crippen LogP) is 0.135. The van der Waals surface area contributed by atoms with Crippen LogP contribution >= 0.6 is 0 Å². The van der Waals surface area contributed by atoms with Crippen molar-refractivity contribution in [3.8, 4) is 0 Å². The van der Waals surface area contributed by atoms with Crippen molar-refractivity contribution in [1.29, 1.82) is 0 Å². The zero-order valence-electron chi connectivity index (χ0n) is 3.17. The third-order valence-corrected chi connectivity index (χ3v) is 0. The summed E-state index contributed by atoms with van der Waals surface area (Å²) >= 11 is 0. The van der Waals surface area contributed by atoms with Gasteiger partial charge in [0, 0.05) is 21.7 Å². The van der Waals surface area contributed by atoms with Crippen molar-refractivity contribution < 1.29 is 26.8 Å². The number of nitrogens with zero attached hydrogens (tertiary/aromatic N) is 1. The predicted molar refractivity (Wildman–Crippen MR) is 16.3 cm³/mol. The second-order valence-electron chi connectivity index (χ2n) is 0.224. The molecule has 0 aromatic heterocycles. The van der Waals surface area contributed by atoms with E-state index in [1.165, 1.54) is 0 Å². The van der Waals surface area contributed by atoms with E-state index in [0.29, 0.717) is 0 Å². The molecule has 0 fully saturated rings. The molecule has 0 aliphatic heterocycles. The first-order chi connectivity index (χ1) is 1.73. The molecule has 0 saturated heterocycles. The summed E-state index contributed by atoms with van der Waals surface area (Å²) in [4.78, 5) is 8.25. The topological polar surface area (TPSA) is 103 Å². The first kappa shape index (κ1) is 16.9. The molecule has 0 spiro atoms. The molecular weight excluding hydrogens is 124 g/mol. The summed E-state index contributed by atoms with van der Waals surface area (Å²) in [6.07, 6.45) is 0. The van der Waals surface area contributed by atoms with E-state index in [2.05, 4.69) is 0 Å². The van der Waals surface area contributed by atoms with Crippen molar-refractivity contribution in [2.75, 3.05) is 0 Å². The molecule has 5 nitrogen and oxygen atoms in total. The molecule has 0 unspecified atom stereocenters. The van der Waals surface area contributed by atoms with Gasteiger partial charge in [-0.15, -0.1) is 0 Å². The van der Waals surface area contributed by atoms with Gasteiger partial charge in [0.05, 0.1) is 5.09 Å². The standard InChI is InChI=1S/NO3.H3N.Ti/c2-1(3)4;;/h;1H3;/q-1;;/p+1. The van der Waals surface area contributed by atoms with E-state index in [9.17, 15) is 0 Å². The molecule has 0 amide bonds. The zero-order valence-corrected chi connectivity index (χ0v) is 4.73. The van der Waals surface area contributed by atoms with Crippen LogP contribution < -0.4 is 6.15 Å². The van der Waals surface area contributed by atoms with Crippen molar-refractivity contribution in [3.63, 3.8) is 0 Å². The van der Waals surface area contributed by atoms with Gasteiger partial charge in [-0.1, -0.05) is 0 Å². The number of hydrogen-bond donors (Lipinski definition) is 1. The van der Waals surface area contributed by atoms with Crippen LogP contribution in [0.2, 0.25) is 0 Å². The molecule has 0 rings (SSSR count). The second-order valence-corrected chi connectivity index (χ2v) is 0.224. The molecule has 0 saturated carbocycles. The average molecular weight is 128 g/mol. The zero-order chi connectivity index (χ0) is 3.58. The van der Waals surface area contributed by atoms with Gasteiger partial charge in [-0.05, 0) is 0 Å². The Morgan fingerprint density at radius 1 is 1.33 bits per heavy atom. The fraction of sp³-hybridized carbons (Fsp3) is 0. The van der Waals surface area contributed by atoms with Crippen LogP contribution in [0.15, 0.2) is 0 Å². The molecule has 0 radical (unpaired) electrons. The van der Waals surface area contributed by atoms with Crippen molar-refractivity contribution in [2.45, 2.75) is 0 Å². The van der Waals surface area contributed by atoms with E-state index in [-0.39, 0.29) is 27.9 Å². The summed E-state index contributed by atoms with van der Waals surface area (Å²) in [5.41, 5.74) is 0. The van der Waals surface area contributed by atoms with Gasteiger partial charge in [-0.25, -0.2) is 0 Å². The van der Waals surface area contributed by atoms with E-state index < -0.39 is 5.09 Å². The second kappa shape index (κ2) is 8.86. The minimum absolute atomic E-state index is 0. The van der Waals surface area contributed by atoms with Gasteiger partial charge in [-0.3, -0.25) is 0 Å². The van der Waals surface area contributed by atoms with Crippen molar-refractivity contribution >= 4 is 0 Å². The molecule has 0 aromatic carbocycles. The number of rotatable bonds is 0. The minimum atomic E-state index is -1.75. The SMILES string of the molecule is O=[N+]([O-])[O-].[NH4+].[Ti]. The van der Waals surface area contributed by atoms with Gasteiger partial charge >= 0.3 is 0 Å². The van der Waals surface area contributed by atoms with Gasteiger partial charge in [0.2, 0.25) is 0 Å². The quantitative estimate of drug-likeness (QED) is 0.285. The Hall–Kier alpha value is -0.126. The smallest absolute Gasteiger partial charge is 0.0689 e. The Balaban J connectivity index is -0.0000000450. The summed E-state index contributed by atoms with van der Waals surface area (Å²) in [7, 11) is 0. The van der Waals surface area contributed by atoms with Crippen LogP contribution in [0, 0.1) is 15.3 Å². The van der Waals surface area contributed by atoms with Crippen LogP contribution in [0.3, 0.4) is 0 Å². The Morgan fingerprint density at radius 3 is 1.33 bits per heavy atom. The molecule has 0 heterocycles. The molecular formula is H4N2O3Ti. The van der Waals surface area contributed by atoms with Crippen molar-refractivity contribution in [1.82, 2.24) is 6.15 Å². The van der Waals surface area contributed by atoms with Crippen LogP contribution in [0.4, 0.5) is 0 Å². The van der Waals surface area contributed by atoms with E-state index in [1.54, 1.807) is 0 Å². The summed E-state index contributed by atoms with van der Waals surface area (Å²) in [5, 5.41) is 14.8. The summed E-state index contributed by atoms with van der Waals surface area (Å²) in [5.74, 6) is 0. The fourth-order valence-corrected chi connectivity index (χ4v) is 0. The van der Waals surface area contributed by atoms with Crippen LogP contribution in [-0.4, -0.2) is 5.09 Å². The van der Waals surface area contributed by atoms with E-state index in [4.69, 9.17) is 15.3 Å². The van der Waals surface area contributed by atoms with Crippen molar-refractivity contribution in [3.05, 3.63) is 15.3 Å². The average Bonchev–Trinajstić information content (AvgIpc) is 0.811. The third-order valence-electron chi connectivity index (χ3n) is 0. The van der Waals surface area contributed by atoms with Gasteiger partial charge in [0.15, 0.2) is 0 Å². The maximum Gasteiger partial charge on any atom is 0.0689 e. The Bertz CT molecular complexity index is 31.8. The third kappa shape index (κ3) is 2030. The van der Waals surface area contributed by atoms with Crippen LogP contribution in [0.5, 0.6) is 0 Å². The Morgan fingerprint density at radius 2 is 1.33 bits per heavy atom. The van der Waals surface area contributed by atoms with Gasteiger partial charge in [0.1, 0.15) is 0 Å². The van der Waals surface area contributed by atoms with Crippen molar-refractivity contribution in [2.24, 2.45) is 0 Å². The Labute approximate surface area is 48.9 Å². The first-order valence-corrected chi connectivity index (χ1v) is 0.548. The first-order valence-electron chi connectivity index (χ1n) is 0.548. The molecule has 6 heteroatoms. The van der Waals surface area contributed by atoms with Gasteiger partial charge < -0.3 is 21.5 Å². The minimum Gasteiger partial charge on any atom is -0.369 e. The molecule has 6 heavy (non-hydrogen) atoms. The summed E-state index contributed by atoms with van der Waals surface area (Å²) < 4.78 is 0. The maximum atomic E-state index is 8.25. The largest absolute Gasteiger partial charge is 0.369 e. The van der Waals surface area contributed by atoms with Gasteiger partial charge in [-0.2, -0.15) is 0 Å². The Kier molecular flexibility index (Phi) is 24.9. The number of hydrogen-bond acceptors (Lipinski definition) is 3. The van der Waals surface area contributed by atoms with E-state index in [1.807, 2.05) is 0 Å².